The molecule has 1 aliphatic carbocycles. The van der Waals surface area contributed by atoms with Gasteiger partial charge in [-0.25, -0.2) is 14.6 Å². The molecule has 1 aliphatic rings. The summed E-state index contributed by atoms with van der Waals surface area (Å²) in [5.74, 6) is -1.83. The van der Waals surface area contributed by atoms with E-state index < -0.39 is 23.9 Å². The third kappa shape index (κ3) is 4.15. The van der Waals surface area contributed by atoms with Gasteiger partial charge in [0.1, 0.15) is 6.04 Å². The fourth-order valence-electron chi connectivity index (χ4n) is 2.08. The van der Waals surface area contributed by atoms with Crippen LogP contribution in [0.4, 0.5) is 9.93 Å². The van der Waals surface area contributed by atoms with E-state index in [9.17, 15) is 14.4 Å². The van der Waals surface area contributed by atoms with E-state index in [2.05, 4.69) is 15.6 Å². The SMILES string of the molecule is NC(=O)CC[C@H](NC(=O)Nc1nc2c(s1)CCC2)C(=O)O. The monoisotopic (exact) mass is 312 g/mol. The van der Waals surface area contributed by atoms with Gasteiger partial charge in [-0.2, -0.15) is 0 Å². The van der Waals surface area contributed by atoms with Crippen LogP contribution in [-0.2, 0) is 22.4 Å². The molecule has 0 spiro atoms. The molecule has 2 rings (SSSR count). The topological polar surface area (TPSA) is 134 Å². The number of carboxylic acid groups (broad SMARTS) is 1. The predicted octanol–water partition coefficient (Wildman–Crippen LogP) is 0.472. The van der Waals surface area contributed by atoms with Gasteiger partial charge in [0.2, 0.25) is 5.91 Å². The number of nitrogens with zero attached hydrogens (tertiary/aromatic N) is 1. The predicted molar refractivity (Wildman–Crippen MR) is 76.1 cm³/mol. The smallest absolute Gasteiger partial charge is 0.326 e. The molecule has 0 saturated carbocycles. The molecule has 0 fully saturated rings. The van der Waals surface area contributed by atoms with Crippen LogP contribution < -0.4 is 16.4 Å². The molecule has 1 heterocycles. The number of urea groups is 1. The Morgan fingerprint density at radius 3 is 2.76 bits per heavy atom. The number of amides is 3. The second-order valence-corrected chi connectivity index (χ2v) is 5.82. The van der Waals surface area contributed by atoms with Gasteiger partial charge >= 0.3 is 12.0 Å². The van der Waals surface area contributed by atoms with E-state index in [4.69, 9.17) is 10.8 Å². The number of carbonyl (C=O) groups excluding carboxylic acids is 2. The molecule has 0 aromatic carbocycles. The third-order valence-corrected chi connectivity index (χ3v) is 4.17. The number of hydrogen-bond acceptors (Lipinski definition) is 5. The van der Waals surface area contributed by atoms with Crippen LogP contribution in [-0.4, -0.2) is 34.0 Å². The van der Waals surface area contributed by atoms with Crippen molar-refractivity contribution in [3.8, 4) is 0 Å². The summed E-state index contributed by atoms with van der Waals surface area (Å²) in [5.41, 5.74) is 5.97. The maximum Gasteiger partial charge on any atom is 0.326 e. The molecule has 0 radical (unpaired) electrons. The minimum absolute atomic E-state index is 0.0492. The summed E-state index contributed by atoms with van der Waals surface area (Å²) in [5, 5.41) is 14.3. The van der Waals surface area contributed by atoms with Crippen molar-refractivity contribution in [1.29, 1.82) is 0 Å². The average Bonchev–Trinajstić information content (AvgIpc) is 2.94. The minimum atomic E-state index is -1.21. The van der Waals surface area contributed by atoms with Crippen molar-refractivity contribution in [1.82, 2.24) is 10.3 Å². The molecule has 1 atom stereocenters. The van der Waals surface area contributed by atoms with E-state index in [-0.39, 0.29) is 12.8 Å². The maximum absolute atomic E-state index is 11.8. The lowest BCUT2D eigenvalue weighted by Gasteiger charge is -2.13. The van der Waals surface area contributed by atoms with Gasteiger partial charge in [-0.05, 0) is 25.7 Å². The summed E-state index contributed by atoms with van der Waals surface area (Å²) in [6, 6.07) is -1.82. The van der Waals surface area contributed by atoms with Crippen LogP contribution >= 0.6 is 11.3 Å². The van der Waals surface area contributed by atoms with Crippen LogP contribution in [0.2, 0.25) is 0 Å². The summed E-state index contributed by atoms with van der Waals surface area (Å²) in [7, 11) is 0. The normalized spacial score (nSPS) is 14.3. The summed E-state index contributed by atoms with van der Waals surface area (Å²) < 4.78 is 0. The molecule has 1 aromatic rings. The van der Waals surface area contributed by atoms with Crippen LogP contribution in [0.5, 0.6) is 0 Å². The van der Waals surface area contributed by atoms with Gasteiger partial charge in [-0.1, -0.05) is 0 Å². The van der Waals surface area contributed by atoms with Crippen LogP contribution in [0.15, 0.2) is 0 Å². The zero-order valence-corrected chi connectivity index (χ0v) is 12.0. The van der Waals surface area contributed by atoms with Gasteiger partial charge in [0, 0.05) is 11.3 Å². The maximum atomic E-state index is 11.8. The van der Waals surface area contributed by atoms with Crippen molar-refractivity contribution in [2.75, 3.05) is 5.32 Å². The van der Waals surface area contributed by atoms with Gasteiger partial charge in [0.05, 0.1) is 5.69 Å². The Morgan fingerprint density at radius 1 is 1.38 bits per heavy atom. The van der Waals surface area contributed by atoms with Crippen LogP contribution in [0.3, 0.4) is 0 Å². The molecule has 9 heteroatoms. The highest BCUT2D eigenvalue weighted by Gasteiger charge is 2.22. The summed E-state index contributed by atoms with van der Waals surface area (Å²) >= 11 is 1.40. The number of thiazole rings is 1. The molecule has 8 nitrogen and oxygen atoms in total. The molecule has 0 unspecified atom stereocenters. The van der Waals surface area contributed by atoms with Gasteiger partial charge < -0.3 is 16.2 Å². The Kier molecular flexibility index (Phi) is 4.73. The second kappa shape index (κ2) is 6.53. The molecule has 114 valence electrons. The number of carbonyl (C=O) groups is 3. The van der Waals surface area contributed by atoms with Crippen LogP contribution in [0.1, 0.15) is 29.8 Å². The zero-order valence-electron chi connectivity index (χ0n) is 11.2. The number of rotatable bonds is 6. The van der Waals surface area contributed by atoms with Crippen molar-refractivity contribution in [2.45, 2.75) is 38.1 Å². The summed E-state index contributed by atoms with van der Waals surface area (Å²) in [6.45, 7) is 0. The number of aromatic nitrogens is 1. The summed E-state index contributed by atoms with van der Waals surface area (Å²) in [6.07, 6.45) is 2.79. The molecule has 0 saturated heterocycles. The fourth-order valence-corrected chi connectivity index (χ4v) is 3.12. The lowest BCUT2D eigenvalue weighted by Crippen LogP contribution is -2.43. The third-order valence-electron chi connectivity index (χ3n) is 3.10. The second-order valence-electron chi connectivity index (χ2n) is 4.74. The lowest BCUT2D eigenvalue weighted by molar-refractivity contribution is -0.139. The van der Waals surface area contributed by atoms with E-state index >= 15 is 0 Å². The number of nitrogens with two attached hydrogens (primary N) is 1. The van der Waals surface area contributed by atoms with Crippen molar-refractivity contribution in [2.24, 2.45) is 5.73 Å². The van der Waals surface area contributed by atoms with Gasteiger partial charge in [-0.15, -0.1) is 11.3 Å². The molecule has 21 heavy (non-hydrogen) atoms. The first-order chi connectivity index (χ1) is 9.95. The lowest BCUT2D eigenvalue weighted by atomic mass is 10.1. The Bertz CT molecular complexity index is 550. The Balaban J connectivity index is 1.89. The first-order valence-electron chi connectivity index (χ1n) is 6.53. The minimum Gasteiger partial charge on any atom is -0.480 e. The molecular weight excluding hydrogens is 296 g/mol. The number of fused-ring (bicyclic) bond motifs is 1. The highest BCUT2D eigenvalue weighted by molar-refractivity contribution is 7.15. The highest BCUT2D eigenvalue weighted by Crippen LogP contribution is 2.30. The number of carboxylic acids is 1. The first kappa shape index (κ1) is 15.2. The Hall–Kier alpha value is -2.16. The Labute approximate surface area is 124 Å². The van der Waals surface area contributed by atoms with E-state index in [1.807, 2.05) is 0 Å². The number of aryl methyl sites for hydroxylation is 2. The van der Waals surface area contributed by atoms with Crippen LogP contribution in [0.25, 0.3) is 0 Å². The van der Waals surface area contributed by atoms with E-state index in [0.29, 0.717) is 5.13 Å². The molecule has 0 aliphatic heterocycles. The standard InChI is InChI=1S/C12H16N4O4S/c13-9(17)5-4-7(10(18)19)14-11(20)16-12-15-6-2-1-3-8(6)21-12/h7H,1-5H2,(H2,13,17)(H,18,19)(H2,14,15,16,20)/t7-/m0/s1. The van der Waals surface area contributed by atoms with Crippen molar-refractivity contribution < 1.29 is 19.5 Å². The molecular formula is C12H16N4O4S. The van der Waals surface area contributed by atoms with Crippen molar-refractivity contribution in [3.05, 3.63) is 10.6 Å². The number of primary amides is 1. The van der Waals surface area contributed by atoms with Crippen LogP contribution in [0, 0.1) is 0 Å². The zero-order chi connectivity index (χ0) is 15.4. The van der Waals surface area contributed by atoms with E-state index in [1.54, 1.807) is 0 Å². The van der Waals surface area contributed by atoms with Gasteiger partial charge in [0.25, 0.3) is 0 Å². The quantitative estimate of drug-likeness (QED) is 0.605. The number of anilines is 1. The number of aliphatic carboxylic acids is 1. The highest BCUT2D eigenvalue weighted by atomic mass is 32.1. The van der Waals surface area contributed by atoms with E-state index in [1.165, 1.54) is 11.3 Å². The summed E-state index contributed by atoms with van der Waals surface area (Å²) in [4.78, 5) is 38.9. The van der Waals surface area contributed by atoms with E-state index in [0.717, 1.165) is 29.8 Å². The Morgan fingerprint density at radius 2 is 2.14 bits per heavy atom. The largest absolute Gasteiger partial charge is 0.480 e. The number of hydrogen-bond donors (Lipinski definition) is 4. The molecule has 5 N–H and O–H groups in total. The van der Waals surface area contributed by atoms with Gasteiger partial charge in [-0.3, -0.25) is 10.1 Å². The fraction of sp³-hybridized carbons (Fsp3) is 0.500. The number of nitrogens with one attached hydrogen (secondary N) is 2. The molecule has 3 amide bonds. The first-order valence-corrected chi connectivity index (χ1v) is 7.34. The van der Waals surface area contributed by atoms with Crippen molar-refractivity contribution >= 4 is 34.4 Å². The molecule has 0 bridgehead atoms. The van der Waals surface area contributed by atoms with Crippen molar-refractivity contribution in [3.63, 3.8) is 0 Å². The molecule has 1 aromatic heterocycles. The van der Waals surface area contributed by atoms with Gasteiger partial charge in [0.15, 0.2) is 5.13 Å². The average molecular weight is 312 g/mol.